The third-order valence-electron chi connectivity index (χ3n) is 5.57. The van der Waals surface area contributed by atoms with E-state index < -0.39 is 78.8 Å². The average Bonchev–Trinajstić information content (AvgIpc) is 2.86. The maximum atomic E-state index is 13.1. The number of aliphatic carboxylic acids is 2. The molecule has 0 bridgehead atoms. The van der Waals surface area contributed by atoms with Crippen molar-refractivity contribution in [3.05, 3.63) is 29.8 Å². The fourth-order valence-electron chi connectivity index (χ4n) is 3.47. The number of aliphatic hydroxyl groups excluding tert-OH is 1. The predicted octanol–water partition coefficient (Wildman–Crippen LogP) is -2.18. The van der Waals surface area contributed by atoms with Crippen LogP contribution in [-0.4, -0.2) is 92.8 Å². The fraction of sp³-hybridized carbons (Fsp3) is 0.520. The van der Waals surface area contributed by atoms with E-state index in [0.717, 1.165) is 0 Å². The van der Waals surface area contributed by atoms with Crippen molar-refractivity contribution in [3.8, 4) is 5.75 Å². The molecular weight excluding hydrogens is 530 g/mol. The molecule has 1 rings (SSSR count). The molecule has 0 saturated carbocycles. The van der Waals surface area contributed by atoms with Gasteiger partial charge in [0.25, 0.3) is 0 Å². The minimum absolute atomic E-state index is 0.0598. The Bertz CT molecular complexity index is 1060. The maximum Gasteiger partial charge on any atom is 0.326 e. The van der Waals surface area contributed by atoms with Gasteiger partial charge in [0.05, 0.1) is 19.1 Å². The molecule has 1 aromatic carbocycles. The van der Waals surface area contributed by atoms with E-state index in [1.165, 1.54) is 31.2 Å². The molecule has 1 aromatic rings. The highest BCUT2D eigenvalue weighted by Gasteiger charge is 2.32. The first-order valence-corrected chi connectivity index (χ1v) is 12.4. The number of rotatable bonds is 16. The van der Waals surface area contributed by atoms with Gasteiger partial charge in [0.15, 0.2) is 0 Å². The van der Waals surface area contributed by atoms with Crippen molar-refractivity contribution in [3.63, 3.8) is 0 Å². The Morgan fingerprint density at radius 1 is 0.750 bits per heavy atom. The number of carbonyl (C=O) groups excluding carboxylic acids is 4. The van der Waals surface area contributed by atoms with Crippen molar-refractivity contribution >= 4 is 35.6 Å². The fourth-order valence-corrected chi connectivity index (χ4v) is 3.47. The second kappa shape index (κ2) is 16.0. The molecule has 0 aliphatic heterocycles. The molecule has 10 N–H and O–H groups in total. The topological polar surface area (TPSA) is 257 Å². The van der Waals surface area contributed by atoms with Gasteiger partial charge in [0.1, 0.15) is 29.9 Å². The van der Waals surface area contributed by atoms with Gasteiger partial charge in [-0.3, -0.25) is 24.0 Å². The van der Waals surface area contributed by atoms with E-state index in [2.05, 4.69) is 21.3 Å². The smallest absolute Gasteiger partial charge is 0.326 e. The molecule has 0 saturated heterocycles. The minimum Gasteiger partial charge on any atom is -0.508 e. The highest BCUT2D eigenvalue weighted by Crippen LogP contribution is 2.13. The number of amides is 4. The lowest BCUT2D eigenvalue weighted by Crippen LogP contribution is -2.59. The average molecular weight is 568 g/mol. The van der Waals surface area contributed by atoms with E-state index in [1.807, 2.05) is 0 Å². The van der Waals surface area contributed by atoms with E-state index in [-0.39, 0.29) is 24.5 Å². The highest BCUT2D eigenvalue weighted by molar-refractivity contribution is 5.96. The molecule has 222 valence electrons. The molecule has 15 heteroatoms. The van der Waals surface area contributed by atoms with Gasteiger partial charge in [0.2, 0.25) is 23.6 Å². The second-order valence-corrected chi connectivity index (χ2v) is 9.65. The molecule has 15 nitrogen and oxygen atoms in total. The number of nitrogens with two attached hydrogens (primary N) is 1. The number of aliphatic hydroxyl groups is 1. The van der Waals surface area contributed by atoms with Gasteiger partial charge in [-0.15, -0.1) is 0 Å². The Balaban J connectivity index is 3.21. The summed E-state index contributed by atoms with van der Waals surface area (Å²) in [6, 6.07) is -1.40. The zero-order valence-corrected chi connectivity index (χ0v) is 22.4. The van der Waals surface area contributed by atoms with E-state index in [9.17, 15) is 49.2 Å². The molecule has 0 aromatic heterocycles. The minimum atomic E-state index is -1.74. The lowest BCUT2D eigenvalue weighted by atomic mass is 10.0. The SMILES string of the molecule is CC(C)C[C@H](NC(=O)[C@H](Cc1ccc(O)cc1)NC(=O)[C@H](CC(=O)O)NC(=O)[C@H](CO)NC(=O)[C@H](C)N)C(=O)O. The van der Waals surface area contributed by atoms with Crippen LogP contribution in [0, 0.1) is 5.92 Å². The molecule has 0 radical (unpaired) electrons. The van der Waals surface area contributed by atoms with Crippen molar-refractivity contribution in [2.75, 3.05) is 6.61 Å². The first-order chi connectivity index (χ1) is 18.6. The van der Waals surface area contributed by atoms with E-state index in [1.54, 1.807) is 13.8 Å². The summed E-state index contributed by atoms with van der Waals surface area (Å²) in [6.07, 6.45) is -1.01. The quantitative estimate of drug-likeness (QED) is 0.104. The van der Waals surface area contributed by atoms with Gasteiger partial charge in [-0.1, -0.05) is 26.0 Å². The number of hydrogen-bond acceptors (Lipinski definition) is 9. The van der Waals surface area contributed by atoms with E-state index in [4.69, 9.17) is 5.73 Å². The number of benzene rings is 1. The lowest BCUT2D eigenvalue weighted by Gasteiger charge is -2.25. The summed E-state index contributed by atoms with van der Waals surface area (Å²) in [7, 11) is 0. The van der Waals surface area contributed by atoms with Gasteiger partial charge < -0.3 is 47.4 Å². The molecular formula is C25H37N5O10. The van der Waals surface area contributed by atoms with Gasteiger partial charge in [-0.25, -0.2) is 4.79 Å². The van der Waals surface area contributed by atoms with Crippen LogP contribution >= 0.6 is 0 Å². The largest absolute Gasteiger partial charge is 0.508 e. The predicted molar refractivity (Wildman–Crippen MR) is 140 cm³/mol. The normalized spacial score (nSPS) is 14.7. The number of hydrogen-bond donors (Lipinski definition) is 9. The number of nitrogens with one attached hydrogen (secondary N) is 4. The van der Waals surface area contributed by atoms with Crippen LogP contribution in [0.5, 0.6) is 5.75 Å². The number of carboxylic acids is 2. The number of carboxylic acid groups (broad SMARTS) is 2. The number of carbonyl (C=O) groups is 6. The molecule has 4 amide bonds. The van der Waals surface area contributed by atoms with Gasteiger partial charge >= 0.3 is 11.9 Å². The third kappa shape index (κ3) is 11.7. The monoisotopic (exact) mass is 567 g/mol. The van der Waals surface area contributed by atoms with Crippen LogP contribution in [0.4, 0.5) is 0 Å². The molecule has 0 fully saturated rings. The zero-order chi connectivity index (χ0) is 30.6. The van der Waals surface area contributed by atoms with Crippen LogP contribution in [0.3, 0.4) is 0 Å². The van der Waals surface area contributed by atoms with E-state index in [0.29, 0.717) is 5.56 Å². The van der Waals surface area contributed by atoms with Crippen molar-refractivity contribution in [2.45, 2.75) is 70.2 Å². The summed E-state index contributed by atoms with van der Waals surface area (Å²) >= 11 is 0. The second-order valence-electron chi connectivity index (χ2n) is 9.65. The molecule has 5 atom stereocenters. The summed E-state index contributed by atoms with van der Waals surface area (Å²) in [5.74, 6) is -6.78. The summed E-state index contributed by atoms with van der Waals surface area (Å²) in [5.41, 5.74) is 5.90. The summed E-state index contributed by atoms with van der Waals surface area (Å²) < 4.78 is 0. The molecule has 0 aliphatic carbocycles. The van der Waals surface area contributed by atoms with Gasteiger partial charge in [-0.05, 0) is 37.0 Å². The van der Waals surface area contributed by atoms with E-state index >= 15 is 0 Å². The zero-order valence-electron chi connectivity index (χ0n) is 22.4. The van der Waals surface area contributed by atoms with Crippen LogP contribution in [-0.2, 0) is 35.2 Å². The van der Waals surface area contributed by atoms with Gasteiger partial charge in [-0.2, -0.15) is 0 Å². The summed E-state index contributed by atoms with van der Waals surface area (Å²) in [4.78, 5) is 73.8. The van der Waals surface area contributed by atoms with Crippen LogP contribution in [0.1, 0.15) is 39.2 Å². The summed E-state index contributed by atoms with van der Waals surface area (Å²) in [5, 5.41) is 46.9. The van der Waals surface area contributed by atoms with Crippen molar-refractivity contribution in [1.82, 2.24) is 21.3 Å². The molecule has 0 heterocycles. The summed E-state index contributed by atoms with van der Waals surface area (Å²) in [6.45, 7) is 3.96. The van der Waals surface area contributed by atoms with Crippen molar-refractivity contribution in [2.24, 2.45) is 11.7 Å². The standard InChI is InChI=1S/C25H37N5O10/c1-12(2)8-18(25(39)40)29-22(36)16(9-14-4-6-15(32)7-5-14)27-23(37)17(10-20(33)34)28-24(38)19(11-31)30-21(35)13(3)26/h4-7,12-13,16-19,31-32H,8-11,26H2,1-3H3,(H,27,37)(H,28,38)(H,29,36)(H,30,35)(H,33,34)(H,39,40)/t13-,16-,17-,18-,19-/m0/s1. The Morgan fingerprint density at radius 3 is 1.70 bits per heavy atom. The highest BCUT2D eigenvalue weighted by atomic mass is 16.4. The Kier molecular flexibility index (Phi) is 13.5. The maximum absolute atomic E-state index is 13.1. The Labute approximate surface area is 230 Å². The van der Waals surface area contributed by atoms with Crippen molar-refractivity contribution < 1.29 is 49.2 Å². The number of phenols is 1. The Morgan fingerprint density at radius 2 is 1.23 bits per heavy atom. The van der Waals surface area contributed by atoms with Crippen molar-refractivity contribution in [1.29, 1.82) is 0 Å². The molecule has 0 aliphatic rings. The number of phenolic OH excluding ortho intramolecular Hbond substituents is 1. The van der Waals surface area contributed by atoms with Crippen LogP contribution in [0.15, 0.2) is 24.3 Å². The van der Waals surface area contributed by atoms with Crippen LogP contribution < -0.4 is 27.0 Å². The first-order valence-electron chi connectivity index (χ1n) is 12.4. The van der Waals surface area contributed by atoms with Gasteiger partial charge in [0, 0.05) is 6.42 Å². The lowest BCUT2D eigenvalue weighted by molar-refractivity contribution is -0.143. The number of aromatic hydroxyl groups is 1. The van der Waals surface area contributed by atoms with Crippen LogP contribution in [0.2, 0.25) is 0 Å². The molecule has 0 unspecified atom stereocenters. The third-order valence-corrected chi connectivity index (χ3v) is 5.57. The first kappa shape index (κ1) is 33.8. The molecule has 40 heavy (non-hydrogen) atoms. The Hall–Kier alpha value is -4.24. The van der Waals surface area contributed by atoms with Crippen LogP contribution in [0.25, 0.3) is 0 Å². The molecule has 0 spiro atoms.